The molecule has 8 rings (SSSR count). The van der Waals surface area contributed by atoms with E-state index >= 15 is 0 Å². The highest BCUT2D eigenvalue weighted by atomic mass is 32.1. The van der Waals surface area contributed by atoms with E-state index in [1.54, 1.807) is 27.7 Å². The Balaban J connectivity index is 0.000000183. The van der Waals surface area contributed by atoms with Crippen LogP contribution in [0.4, 0.5) is 40.3 Å². The molecule has 55 heavy (non-hydrogen) atoms. The van der Waals surface area contributed by atoms with Crippen molar-refractivity contribution in [2.75, 3.05) is 22.9 Å². The Morgan fingerprint density at radius 3 is 1.60 bits per heavy atom. The highest BCUT2D eigenvalue weighted by molar-refractivity contribution is 7.00. The number of hydrogen-bond donors (Lipinski definition) is 4. The van der Waals surface area contributed by atoms with Crippen molar-refractivity contribution >= 4 is 91.0 Å². The van der Waals surface area contributed by atoms with Gasteiger partial charge in [-0.2, -0.15) is 43.8 Å². The molecule has 0 radical (unpaired) electrons. The fraction of sp³-hybridized carbons (Fsp3) is 0.242. The van der Waals surface area contributed by atoms with E-state index in [-0.39, 0.29) is 11.4 Å². The van der Waals surface area contributed by atoms with Crippen molar-refractivity contribution in [1.29, 1.82) is 0 Å². The number of aryl methyl sites for hydroxylation is 5. The van der Waals surface area contributed by atoms with Crippen molar-refractivity contribution in [3.8, 4) is 0 Å². The number of fused-ring (bicyclic) bond motifs is 3. The third-order valence-corrected chi connectivity index (χ3v) is 8.73. The lowest BCUT2D eigenvalue weighted by molar-refractivity contribution is 0.572. The standard InChI is InChI=1S/C7H6FN3S.C7H10FN3.C7H7N3S.C5H2FN3S.C5H6FN3.C2H6/c1-3-5-6(11-12-10-5)4(2)9-7(3)8;1-3-5(9)6(10)4(2)11-7(3)8;1-4-3-8-5(2)7-6(4)9-11-10-7;6-5-1-3-4(2-7-5)9-10-8-3;6-5-1-3(7)4(8)2-9-5;1-2/h1-2H3;10H2,1-2H3,(H2,9,11);3H,1-2H3;1-2H;1-2H,8H2,(H2,7,9);1-2H3. The number of nitrogens with zero attached hydrogens (tertiary/aromatic N) is 11. The van der Waals surface area contributed by atoms with Gasteiger partial charge in [-0.15, -0.1) is 0 Å². The first-order chi connectivity index (χ1) is 26.1. The van der Waals surface area contributed by atoms with Crippen LogP contribution in [0.1, 0.15) is 47.6 Å². The van der Waals surface area contributed by atoms with Crippen LogP contribution < -0.4 is 22.9 Å². The van der Waals surface area contributed by atoms with Gasteiger partial charge in [0.05, 0.1) is 87.4 Å². The Morgan fingerprint density at radius 1 is 0.473 bits per heavy atom. The van der Waals surface area contributed by atoms with Gasteiger partial charge in [0.15, 0.2) is 0 Å². The fourth-order valence-electron chi connectivity index (χ4n) is 3.97. The van der Waals surface area contributed by atoms with Gasteiger partial charge in [-0.05, 0) is 47.1 Å². The Bertz CT molecular complexity index is 2440. The van der Waals surface area contributed by atoms with Crippen LogP contribution in [0, 0.1) is 65.3 Å². The lowest BCUT2D eigenvalue weighted by Gasteiger charge is -2.06. The second-order valence-electron chi connectivity index (χ2n) is 10.9. The van der Waals surface area contributed by atoms with Gasteiger partial charge in [0.2, 0.25) is 23.8 Å². The Labute approximate surface area is 325 Å². The van der Waals surface area contributed by atoms with Crippen molar-refractivity contribution in [1.82, 2.24) is 51.2 Å². The zero-order valence-electron chi connectivity index (χ0n) is 30.9. The molecule has 290 valence electrons. The van der Waals surface area contributed by atoms with Crippen LogP contribution in [0.2, 0.25) is 0 Å². The van der Waals surface area contributed by atoms with E-state index in [1.807, 2.05) is 33.9 Å². The van der Waals surface area contributed by atoms with Crippen molar-refractivity contribution < 1.29 is 17.6 Å². The van der Waals surface area contributed by atoms with Gasteiger partial charge < -0.3 is 22.9 Å². The summed E-state index contributed by atoms with van der Waals surface area (Å²) in [6.45, 7) is 14.5. The van der Waals surface area contributed by atoms with E-state index in [4.69, 9.17) is 22.9 Å². The molecule has 8 heterocycles. The Morgan fingerprint density at radius 2 is 0.982 bits per heavy atom. The van der Waals surface area contributed by atoms with E-state index < -0.39 is 23.8 Å². The van der Waals surface area contributed by atoms with E-state index in [0.29, 0.717) is 56.0 Å². The van der Waals surface area contributed by atoms with Crippen molar-refractivity contribution in [3.63, 3.8) is 0 Å². The number of anilines is 4. The summed E-state index contributed by atoms with van der Waals surface area (Å²) in [5.74, 6) is -2.12. The third kappa shape index (κ3) is 11.3. The first kappa shape index (κ1) is 43.5. The lowest BCUT2D eigenvalue weighted by Crippen LogP contribution is -2.04. The molecule has 0 fully saturated rings. The Hall–Kier alpha value is -5.87. The van der Waals surface area contributed by atoms with Crippen LogP contribution >= 0.6 is 35.2 Å². The number of hydrogen-bond acceptors (Lipinski definition) is 18. The molecule has 0 saturated heterocycles. The number of rotatable bonds is 0. The van der Waals surface area contributed by atoms with Crippen LogP contribution in [-0.4, -0.2) is 51.2 Å². The molecule has 8 aromatic rings. The zero-order valence-corrected chi connectivity index (χ0v) is 33.3. The molecular formula is C33H37F4N15S3. The summed E-state index contributed by atoms with van der Waals surface area (Å²) in [5, 5.41) is 0. The van der Waals surface area contributed by atoms with Crippen molar-refractivity contribution in [3.05, 3.63) is 88.3 Å². The Kier molecular flexibility index (Phi) is 15.8. The summed E-state index contributed by atoms with van der Waals surface area (Å²) >= 11 is 3.38. The number of pyridine rings is 5. The van der Waals surface area contributed by atoms with E-state index in [2.05, 4.69) is 51.2 Å². The number of nitrogens with two attached hydrogens (primary N) is 4. The molecule has 8 N–H and O–H groups in total. The number of nitrogen functional groups attached to an aromatic ring is 4. The molecule has 0 aliphatic heterocycles. The van der Waals surface area contributed by atoms with E-state index in [0.717, 1.165) is 51.8 Å². The predicted molar refractivity (Wildman–Crippen MR) is 211 cm³/mol. The molecule has 0 aromatic carbocycles. The van der Waals surface area contributed by atoms with Gasteiger partial charge in [-0.25, -0.2) is 19.9 Å². The molecule has 15 nitrogen and oxygen atoms in total. The predicted octanol–water partition coefficient (Wildman–Crippen LogP) is 7.18. The minimum Gasteiger partial charge on any atom is -0.397 e. The van der Waals surface area contributed by atoms with Gasteiger partial charge in [0.1, 0.15) is 33.1 Å². The van der Waals surface area contributed by atoms with Crippen LogP contribution in [0.15, 0.2) is 30.7 Å². The SMILES string of the molecule is CC.Cc1cnc(C)c2nsnc12.Cc1nc(F)c(C)c(N)c1N.Cc1nc(F)c(C)c2nsnc12.Fc1cc2nsnc2cn1.Nc1cnc(F)cc1N. The normalized spacial score (nSPS) is 10.1. The van der Waals surface area contributed by atoms with Crippen molar-refractivity contribution in [2.45, 2.75) is 55.4 Å². The van der Waals surface area contributed by atoms with Crippen LogP contribution in [0.5, 0.6) is 0 Å². The van der Waals surface area contributed by atoms with Crippen LogP contribution in [0.25, 0.3) is 33.1 Å². The van der Waals surface area contributed by atoms with Gasteiger partial charge in [-0.3, -0.25) is 4.98 Å². The third-order valence-electron chi connectivity index (χ3n) is 7.12. The maximum absolute atomic E-state index is 13.0. The van der Waals surface area contributed by atoms with Crippen LogP contribution in [0.3, 0.4) is 0 Å². The average molecular weight is 816 g/mol. The molecule has 0 amide bonds. The van der Waals surface area contributed by atoms with Gasteiger partial charge >= 0.3 is 0 Å². The van der Waals surface area contributed by atoms with Crippen LogP contribution in [-0.2, 0) is 0 Å². The number of aromatic nitrogens is 11. The molecule has 0 bridgehead atoms. The van der Waals surface area contributed by atoms with Crippen molar-refractivity contribution in [2.24, 2.45) is 0 Å². The molecule has 0 atom stereocenters. The smallest absolute Gasteiger partial charge is 0.218 e. The quantitative estimate of drug-likeness (QED) is 0.0874. The maximum Gasteiger partial charge on any atom is 0.218 e. The summed E-state index contributed by atoms with van der Waals surface area (Å²) in [6, 6.07) is 2.34. The van der Waals surface area contributed by atoms with E-state index in [9.17, 15) is 17.6 Å². The first-order valence-corrected chi connectivity index (χ1v) is 18.1. The molecule has 22 heteroatoms. The highest BCUT2D eigenvalue weighted by Gasteiger charge is 2.11. The summed E-state index contributed by atoms with van der Waals surface area (Å²) in [4.78, 5) is 18.1. The molecule has 0 aliphatic carbocycles. The summed E-state index contributed by atoms with van der Waals surface area (Å²) in [7, 11) is 0. The number of halogens is 4. The molecular weight excluding hydrogens is 779 g/mol. The van der Waals surface area contributed by atoms with Gasteiger partial charge in [0, 0.05) is 29.5 Å². The topological polar surface area (TPSA) is 246 Å². The lowest BCUT2D eigenvalue weighted by atomic mass is 10.2. The monoisotopic (exact) mass is 815 g/mol. The first-order valence-electron chi connectivity index (χ1n) is 16.0. The molecule has 0 unspecified atom stereocenters. The molecule has 8 aromatic heterocycles. The largest absolute Gasteiger partial charge is 0.397 e. The average Bonchev–Trinajstić information content (AvgIpc) is 3.96. The minimum absolute atomic E-state index is 0.225. The minimum atomic E-state index is -0.610. The summed E-state index contributed by atoms with van der Waals surface area (Å²) in [5.41, 5.74) is 31.0. The molecule has 0 saturated carbocycles. The maximum atomic E-state index is 13.0. The fourth-order valence-corrected chi connectivity index (χ4v) is 5.78. The van der Waals surface area contributed by atoms with E-state index in [1.165, 1.54) is 30.2 Å². The second-order valence-corrected chi connectivity index (χ2v) is 12.5. The highest BCUT2D eigenvalue weighted by Crippen LogP contribution is 2.23. The summed E-state index contributed by atoms with van der Waals surface area (Å²) in [6.07, 6.45) is 4.39. The molecule has 0 spiro atoms. The second kappa shape index (κ2) is 20.0. The van der Waals surface area contributed by atoms with Gasteiger partial charge in [-0.1, -0.05) is 13.8 Å². The molecule has 0 aliphatic rings. The van der Waals surface area contributed by atoms with Gasteiger partial charge in [0.25, 0.3) is 0 Å². The summed E-state index contributed by atoms with van der Waals surface area (Å²) < 4.78 is 74.2. The zero-order chi connectivity index (χ0) is 41.0.